The molecule has 0 unspecified atom stereocenters. The topological polar surface area (TPSA) is 94.1 Å². The maximum absolute atomic E-state index is 13.4. The van der Waals surface area contributed by atoms with Gasteiger partial charge in [0, 0.05) is 32.2 Å². The minimum Gasteiger partial charge on any atom is -0.424 e. The number of piperidine rings is 1. The molecule has 1 saturated heterocycles. The zero-order valence-corrected chi connectivity index (χ0v) is 17.3. The predicted molar refractivity (Wildman–Crippen MR) is 107 cm³/mol. The van der Waals surface area contributed by atoms with E-state index in [4.69, 9.17) is 20.9 Å². The van der Waals surface area contributed by atoms with Gasteiger partial charge < -0.3 is 19.5 Å². The highest BCUT2D eigenvalue weighted by Gasteiger charge is 2.43. The number of fused-ring (bicyclic) bond motifs is 2. The second-order valence-corrected chi connectivity index (χ2v) is 8.22. The first-order chi connectivity index (χ1) is 14.5. The number of aromatic nitrogens is 5. The molecule has 1 saturated carbocycles. The molecular formula is C19H21ClFN7O2. The van der Waals surface area contributed by atoms with Gasteiger partial charge in [0.25, 0.3) is 0 Å². The Morgan fingerprint density at radius 2 is 2.00 bits per heavy atom. The van der Waals surface area contributed by atoms with Crippen LogP contribution in [0.2, 0.25) is 5.02 Å². The summed E-state index contributed by atoms with van der Waals surface area (Å²) in [5.74, 6) is 1.91. The molecule has 2 aliphatic rings. The van der Waals surface area contributed by atoms with Gasteiger partial charge in [0.2, 0.25) is 5.95 Å². The number of rotatable bonds is 5. The van der Waals surface area contributed by atoms with Crippen LogP contribution in [0.5, 0.6) is 11.8 Å². The Kier molecular flexibility index (Phi) is 4.73. The minimum absolute atomic E-state index is 0.00667. The van der Waals surface area contributed by atoms with Gasteiger partial charge in [-0.2, -0.15) is 9.97 Å². The highest BCUT2D eigenvalue weighted by Crippen LogP contribution is 2.39. The summed E-state index contributed by atoms with van der Waals surface area (Å²) in [5.41, 5.74) is 0. The number of aryl methyl sites for hydroxylation is 2. The van der Waals surface area contributed by atoms with Crippen molar-refractivity contribution in [2.45, 2.75) is 25.8 Å². The Morgan fingerprint density at radius 1 is 1.23 bits per heavy atom. The molecule has 3 atom stereocenters. The molecule has 1 aliphatic carbocycles. The van der Waals surface area contributed by atoms with Crippen molar-refractivity contribution in [3.63, 3.8) is 0 Å². The van der Waals surface area contributed by atoms with Gasteiger partial charge >= 0.3 is 12.0 Å². The fourth-order valence-corrected chi connectivity index (χ4v) is 4.51. The lowest BCUT2D eigenvalue weighted by atomic mass is 9.92. The Balaban J connectivity index is 1.27. The molecule has 11 heteroatoms. The van der Waals surface area contributed by atoms with Crippen molar-refractivity contribution < 1.29 is 13.7 Å². The standard InChI is InChI=1S/C19H21ClFN7O2/c1-10-22-19(30-26-10)28-8-11-3-4-12(9-28)16(11)23-17-24-18(27(2)25-17)29-13-5-6-15(21)14(20)7-13/h5-7,11-12,16H,3-4,8-9H2,1-2H3,(H,23,25)/t11-,12+,16-. The van der Waals surface area contributed by atoms with Crippen LogP contribution < -0.4 is 15.0 Å². The number of benzene rings is 1. The maximum Gasteiger partial charge on any atom is 0.324 e. The molecule has 3 aromatic rings. The van der Waals surface area contributed by atoms with Crippen molar-refractivity contribution in [1.82, 2.24) is 24.9 Å². The predicted octanol–water partition coefficient (Wildman–Crippen LogP) is 3.42. The average molecular weight is 434 g/mol. The molecule has 1 aliphatic heterocycles. The van der Waals surface area contributed by atoms with E-state index >= 15 is 0 Å². The van der Waals surface area contributed by atoms with E-state index in [1.165, 1.54) is 22.9 Å². The molecule has 3 heterocycles. The van der Waals surface area contributed by atoms with Gasteiger partial charge in [0.15, 0.2) is 5.82 Å². The van der Waals surface area contributed by atoms with Crippen LogP contribution in [0.4, 0.5) is 16.4 Å². The highest BCUT2D eigenvalue weighted by atomic mass is 35.5. The fourth-order valence-electron chi connectivity index (χ4n) is 4.34. The molecule has 2 aromatic heterocycles. The number of halogens is 2. The first-order valence-electron chi connectivity index (χ1n) is 9.82. The molecule has 2 fully saturated rings. The van der Waals surface area contributed by atoms with Crippen LogP contribution in [0, 0.1) is 24.6 Å². The largest absolute Gasteiger partial charge is 0.424 e. The second kappa shape index (κ2) is 7.42. The van der Waals surface area contributed by atoms with E-state index in [1.807, 2.05) is 6.92 Å². The van der Waals surface area contributed by atoms with Gasteiger partial charge in [-0.15, -0.1) is 5.10 Å². The summed E-state index contributed by atoms with van der Waals surface area (Å²) in [4.78, 5) is 11.0. The molecule has 0 radical (unpaired) electrons. The van der Waals surface area contributed by atoms with Crippen LogP contribution in [0.3, 0.4) is 0 Å². The molecule has 0 spiro atoms. The van der Waals surface area contributed by atoms with Crippen LogP contribution in [-0.2, 0) is 7.05 Å². The lowest BCUT2D eigenvalue weighted by Gasteiger charge is -2.37. The van der Waals surface area contributed by atoms with Gasteiger partial charge in [-0.1, -0.05) is 16.8 Å². The maximum atomic E-state index is 13.4. The minimum atomic E-state index is -0.498. The van der Waals surface area contributed by atoms with Gasteiger partial charge in [-0.25, -0.2) is 9.07 Å². The van der Waals surface area contributed by atoms with Gasteiger partial charge in [-0.05, 0) is 43.7 Å². The summed E-state index contributed by atoms with van der Waals surface area (Å²) in [6, 6.07) is 5.31. The molecule has 9 nitrogen and oxygen atoms in total. The Labute approximate surface area is 177 Å². The number of anilines is 2. The Morgan fingerprint density at radius 3 is 2.67 bits per heavy atom. The van der Waals surface area contributed by atoms with E-state index in [1.54, 1.807) is 7.05 Å². The number of ether oxygens (including phenoxy) is 1. The SMILES string of the molecule is Cc1noc(N2C[C@H]3CC[C@@H](C2)[C@@H]3Nc2nc(Oc3ccc(F)c(Cl)c3)n(C)n2)n1. The second-order valence-electron chi connectivity index (χ2n) is 7.82. The van der Waals surface area contributed by atoms with Crippen molar-refractivity contribution in [1.29, 1.82) is 0 Å². The summed E-state index contributed by atoms with van der Waals surface area (Å²) in [6.45, 7) is 3.52. The highest BCUT2D eigenvalue weighted by molar-refractivity contribution is 6.30. The van der Waals surface area contributed by atoms with Crippen LogP contribution in [0.15, 0.2) is 22.7 Å². The summed E-state index contributed by atoms with van der Waals surface area (Å²) in [6.07, 6.45) is 2.24. The number of nitrogens with zero attached hydrogens (tertiary/aromatic N) is 6. The molecule has 0 amide bonds. The van der Waals surface area contributed by atoms with Crippen molar-refractivity contribution >= 4 is 23.6 Å². The molecule has 5 rings (SSSR count). The van der Waals surface area contributed by atoms with Crippen molar-refractivity contribution in [3.05, 3.63) is 34.9 Å². The molecule has 158 valence electrons. The van der Waals surface area contributed by atoms with E-state index < -0.39 is 5.82 Å². The molecule has 1 N–H and O–H groups in total. The van der Waals surface area contributed by atoms with Gasteiger partial charge in [-0.3, -0.25) is 0 Å². The first kappa shape index (κ1) is 19.1. The molecule has 1 aromatic carbocycles. The van der Waals surface area contributed by atoms with Crippen LogP contribution in [-0.4, -0.2) is 44.0 Å². The van der Waals surface area contributed by atoms with Crippen molar-refractivity contribution in [2.24, 2.45) is 18.9 Å². The normalized spacial score (nSPS) is 23.1. The quantitative estimate of drug-likeness (QED) is 0.654. The van der Waals surface area contributed by atoms with Crippen LogP contribution in [0.25, 0.3) is 0 Å². The zero-order valence-electron chi connectivity index (χ0n) is 16.5. The third-order valence-corrected chi connectivity index (χ3v) is 6.03. The van der Waals surface area contributed by atoms with Gasteiger partial charge in [0.05, 0.1) is 5.02 Å². The average Bonchev–Trinajstić information content (AvgIpc) is 3.35. The molecular weight excluding hydrogens is 413 g/mol. The third-order valence-electron chi connectivity index (χ3n) is 5.74. The van der Waals surface area contributed by atoms with Crippen molar-refractivity contribution in [3.8, 4) is 11.8 Å². The van der Waals surface area contributed by atoms with Crippen molar-refractivity contribution in [2.75, 3.05) is 23.3 Å². The fraction of sp³-hybridized carbons (Fsp3) is 0.474. The van der Waals surface area contributed by atoms with E-state index in [0.717, 1.165) is 25.9 Å². The van der Waals surface area contributed by atoms with E-state index in [-0.39, 0.29) is 11.1 Å². The van der Waals surface area contributed by atoms with E-state index in [9.17, 15) is 4.39 Å². The van der Waals surface area contributed by atoms with E-state index in [2.05, 4.69) is 30.4 Å². The zero-order chi connectivity index (χ0) is 20.8. The number of nitrogens with one attached hydrogen (secondary N) is 1. The van der Waals surface area contributed by atoms with E-state index in [0.29, 0.717) is 41.4 Å². The number of hydrogen-bond donors (Lipinski definition) is 1. The van der Waals surface area contributed by atoms with Gasteiger partial charge in [0.1, 0.15) is 11.6 Å². The molecule has 30 heavy (non-hydrogen) atoms. The lowest BCUT2D eigenvalue weighted by Crippen LogP contribution is -2.48. The van der Waals surface area contributed by atoms with Crippen LogP contribution >= 0.6 is 11.6 Å². The Hall–Kier alpha value is -2.88. The monoisotopic (exact) mass is 433 g/mol. The Bertz CT molecular complexity index is 1060. The summed E-state index contributed by atoms with van der Waals surface area (Å²) >= 11 is 5.82. The number of hydrogen-bond acceptors (Lipinski definition) is 8. The summed E-state index contributed by atoms with van der Waals surface area (Å²) < 4.78 is 26.0. The lowest BCUT2D eigenvalue weighted by molar-refractivity contribution is 0.340. The first-order valence-corrected chi connectivity index (χ1v) is 10.2. The smallest absolute Gasteiger partial charge is 0.324 e. The van der Waals surface area contributed by atoms with Crippen LogP contribution in [0.1, 0.15) is 18.7 Å². The summed E-state index contributed by atoms with van der Waals surface area (Å²) in [5, 5.41) is 11.8. The third kappa shape index (κ3) is 3.55. The summed E-state index contributed by atoms with van der Waals surface area (Å²) in [7, 11) is 1.74. The molecule has 2 bridgehead atoms.